The molecule has 1 aromatic heterocycles. The van der Waals surface area contributed by atoms with Crippen molar-refractivity contribution >= 4 is 15.9 Å². The van der Waals surface area contributed by atoms with Gasteiger partial charge in [0.25, 0.3) is 0 Å². The van der Waals surface area contributed by atoms with Crippen molar-refractivity contribution in [2.75, 3.05) is 13.1 Å². The molecule has 0 aliphatic carbocycles. The van der Waals surface area contributed by atoms with Crippen molar-refractivity contribution in [1.29, 1.82) is 0 Å². The SMILES string of the molecule is CC(C)(C(N)Cc1ccc(Br)cn1)N1CCCCCC1. The molecule has 0 bridgehead atoms. The fraction of sp³-hybridized carbons (Fsp3) is 0.688. The van der Waals surface area contributed by atoms with Crippen LogP contribution in [0.5, 0.6) is 0 Å². The maximum absolute atomic E-state index is 6.51. The monoisotopic (exact) mass is 339 g/mol. The van der Waals surface area contributed by atoms with Crippen LogP contribution in [-0.4, -0.2) is 34.6 Å². The van der Waals surface area contributed by atoms with E-state index in [1.54, 1.807) is 0 Å². The Labute approximate surface area is 131 Å². The Bertz CT molecular complexity index is 408. The lowest BCUT2D eigenvalue weighted by molar-refractivity contribution is 0.0976. The predicted octanol–water partition coefficient (Wildman–Crippen LogP) is 3.37. The smallest absolute Gasteiger partial charge is 0.0420 e. The van der Waals surface area contributed by atoms with Crippen LogP contribution in [0.15, 0.2) is 22.8 Å². The van der Waals surface area contributed by atoms with Crippen molar-refractivity contribution in [3.05, 3.63) is 28.5 Å². The molecule has 0 spiro atoms. The van der Waals surface area contributed by atoms with Crippen LogP contribution in [0.1, 0.15) is 45.2 Å². The number of halogens is 1. The maximum atomic E-state index is 6.51. The minimum Gasteiger partial charge on any atom is -0.326 e. The molecule has 1 aliphatic heterocycles. The third-order valence-corrected chi connectivity index (χ3v) is 5.02. The van der Waals surface area contributed by atoms with E-state index in [1.165, 1.54) is 38.8 Å². The maximum Gasteiger partial charge on any atom is 0.0420 e. The highest BCUT2D eigenvalue weighted by atomic mass is 79.9. The van der Waals surface area contributed by atoms with Crippen LogP contribution < -0.4 is 5.73 Å². The van der Waals surface area contributed by atoms with Gasteiger partial charge in [0.2, 0.25) is 0 Å². The summed E-state index contributed by atoms with van der Waals surface area (Å²) in [5.41, 5.74) is 7.61. The Balaban J connectivity index is 2.01. The van der Waals surface area contributed by atoms with Gasteiger partial charge in [0.1, 0.15) is 0 Å². The number of pyridine rings is 1. The number of likely N-dealkylation sites (tertiary alicyclic amines) is 1. The normalized spacial score (nSPS) is 19.6. The summed E-state index contributed by atoms with van der Waals surface area (Å²) in [6, 6.07) is 4.20. The van der Waals surface area contributed by atoms with Gasteiger partial charge >= 0.3 is 0 Å². The molecule has 3 nitrogen and oxygen atoms in total. The third-order valence-electron chi connectivity index (χ3n) is 4.55. The lowest BCUT2D eigenvalue weighted by Crippen LogP contribution is -2.57. The Morgan fingerprint density at radius 3 is 2.45 bits per heavy atom. The molecular weight excluding hydrogens is 314 g/mol. The molecule has 1 aromatic rings. The molecule has 1 atom stereocenters. The van der Waals surface area contributed by atoms with Crippen molar-refractivity contribution < 1.29 is 0 Å². The van der Waals surface area contributed by atoms with Crippen molar-refractivity contribution in [1.82, 2.24) is 9.88 Å². The van der Waals surface area contributed by atoms with Gasteiger partial charge in [-0.05, 0) is 67.8 Å². The van der Waals surface area contributed by atoms with Crippen molar-refractivity contribution in [3.8, 4) is 0 Å². The molecule has 1 saturated heterocycles. The summed E-state index contributed by atoms with van der Waals surface area (Å²) in [6.07, 6.45) is 7.99. The van der Waals surface area contributed by atoms with E-state index in [0.717, 1.165) is 16.6 Å². The van der Waals surface area contributed by atoms with E-state index in [-0.39, 0.29) is 11.6 Å². The van der Waals surface area contributed by atoms with Crippen LogP contribution in [0.4, 0.5) is 0 Å². The Hall–Kier alpha value is -0.450. The van der Waals surface area contributed by atoms with Crippen molar-refractivity contribution in [3.63, 3.8) is 0 Å². The number of nitrogens with zero attached hydrogens (tertiary/aromatic N) is 2. The van der Waals surface area contributed by atoms with Gasteiger partial charge in [-0.15, -0.1) is 0 Å². The van der Waals surface area contributed by atoms with Crippen molar-refractivity contribution in [2.45, 2.75) is 57.5 Å². The topological polar surface area (TPSA) is 42.1 Å². The van der Waals surface area contributed by atoms with Gasteiger partial charge < -0.3 is 5.73 Å². The highest BCUT2D eigenvalue weighted by Gasteiger charge is 2.33. The summed E-state index contributed by atoms with van der Waals surface area (Å²) in [5, 5.41) is 0. The fourth-order valence-corrected chi connectivity index (χ4v) is 3.12. The third kappa shape index (κ3) is 4.03. The molecule has 2 N–H and O–H groups in total. The molecule has 1 unspecified atom stereocenters. The van der Waals surface area contributed by atoms with Gasteiger partial charge in [0.05, 0.1) is 0 Å². The molecule has 2 rings (SSSR count). The largest absolute Gasteiger partial charge is 0.326 e. The van der Waals surface area contributed by atoms with Gasteiger partial charge in [0.15, 0.2) is 0 Å². The van der Waals surface area contributed by atoms with Crippen molar-refractivity contribution in [2.24, 2.45) is 5.73 Å². The first kappa shape index (κ1) is 15.9. The van der Waals surface area contributed by atoms with E-state index in [2.05, 4.69) is 45.7 Å². The van der Waals surface area contributed by atoms with Gasteiger partial charge in [-0.3, -0.25) is 9.88 Å². The summed E-state index contributed by atoms with van der Waals surface area (Å²) in [7, 11) is 0. The summed E-state index contributed by atoms with van der Waals surface area (Å²) in [4.78, 5) is 7.02. The number of hydrogen-bond donors (Lipinski definition) is 1. The van der Waals surface area contributed by atoms with Gasteiger partial charge in [0, 0.05) is 34.4 Å². The highest BCUT2D eigenvalue weighted by Crippen LogP contribution is 2.24. The second kappa shape index (κ2) is 7.01. The van der Waals surface area contributed by atoms with Crippen LogP contribution >= 0.6 is 15.9 Å². The zero-order chi connectivity index (χ0) is 14.6. The molecule has 0 radical (unpaired) electrons. The Morgan fingerprint density at radius 2 is 1.90 bits per heavy atom. The molecule has 0 amide bonds. The number of hydrogen-bond acceptors (Lipinski definition) is 3. The lowest BCUT2D eigenvalue weighted by atomic mass is 9.89. The van der Waals surface area contributed by atoms with E-state index >= 15 is 0 Å². The van der Waals surface area contributed by atoms with E-state index in [4.69, 9.17) is 5.73 Å². The predicted molar refractivity (Wildman–Crippen MR) is 87.7 cm³/mol. The molecule has 112 valence electrons. The summed E-state index contributed by atoms with van der Waals surface area (Å²) >= 11 is 3.42. The van der Waals surface area contributed by atoms with Crippen LogP contribution in [0, 0.1) is 0 Å². The van der Waals surface area contributed by atoms with Gasteiger partial charge in [-0.1, -0.05) is 12.8 Å². The molecule has 2 heterocycles. The molecule has 1 aliphatic rings. The second-order valence-electron chi connectivity index (χ2n) is 6.33. The molecular formula is C16H26BrN3. The Kier molecular flexibility index (Phi) is 5.58. The van der Waals surface area contributed by atoms with E-state index in [1.807, 2.05) is 12.3 Å². The fourth-order valence-electron chi connectivity index (χ4n) is 2.88. The van der Waals surface area contributed by atoms with Gasteiger partial charge in [-0.25, -0.2) is 0 Å². The van der Waals surface area contributed by atoms with Crippen LogP contribution in [-0.2, 0) is 6.42 Å². The first-order chi connectivity index (χ1) is 9.50. The minimum atomic E-state index is 0.0269. The van der Waals surface area contributed by atoms with E-state index in [9.17, 15) is 0 Å². The molecule has 0 aromatic carbocycles. The van der Waals surface area contributed by atoms with Crippen LogP contribution in [0.2, 0.25) is 0 Å². The summed E-state index contributed by atoms with van der Waals surface area (Å²) in [5.74, 6) is 0. The minimum absolute atomic E-state index is 0.0269. The average Bonchev–Trinajstić information content (AvgIpc) is 2.70. The molecule has 4 heteroatoms. The first-order valence-electron chi connectivity index (χ1n) is 7.61. The van der Waals surface area contributed by atoms with Gasteiger partial charge in [-0.2, -0.15) is 0 Å². The lowest BCUT2D eigenvalue weighted by Gasteiger charge is -2.42. The number of aromatic nitrogens is 1. The molecule has 0 saturated carbocycles. The van der Waals surface area contributed by atoms with Crippen LogP contribution in [0.25, 0.3) is 0 Å². The second-order valence-corrected chi connectivity index (χ2v) is 7.25. The number of rotatable bonds is 4. The molecule has 20 heavy (non-hydrogen) atoms. The van der Waals surface area contributed by atoms with E-state index < -0.39 is 0 Å². The average molecular weight is 340 g/mol. The zero-order valence-corrected chi connectivity index (χ0v) is 14.2. The standard InChI is InChI=1S/C16H26BrN3/c1-16(2,20-9-5-3-4-6-10-20)15(18)11-14-8-7-13(17)12-19-14/h7-8,12,15H,3-6,9-11,18H2,1-2H3. The molecule has 1 fully saturated rings. The summed E-state index contributed by atoms with van der Waals surface area (Å²) in [6.45, 7) is 6.91. The number of nitrogens with two attached hydrogens (primary N) is 1. The van der Waals surface area contributed by atoms with E-state index in [0.29, 0.717) is 0 Å². The highest BCUT2D eigenvalue weighted by molar-refractivity contribution is 9.10. The zero-order valence-electron chi connectivity index (χ0n) is 12.6. The quantitative estimate of drug-likeness (QED) is 0.914. The summed E-state index contributed by atoms with van der Waals surface area (Å²) < 4.78 is 1.02. The Morgan fingerprint density at radius 1 is 1.25 bits per heavy atom. The van der Waals surface area contributed by atoms with Crippen LogP contribution in [0.3, 0.4) is 0 Å². The first-order valence-corrected chi connectivity index (χ1v) is 8.40.